The second kappa shape index (κ2) is 12.1. The zero-order valence-corrected chi connectivity index (χ0v) is 20.0. The molecule has 2 atom stereocenters. The lowest BCUT2D eigenvalue weighted by atomic mass is 10.2. The number of hydrogen-bond acceptors (Lipinski definition) is 8. The molecule has 0 aliphatic carbocycles. The highest BCUT2D eigenvalue weighted by Crippen LogP contribution is 2.44. The van der Waals surface area contributed by atoms with E-state index in [2.05, 4.69) is 10.6 Å². The Bertz CT molecular complexity index is 535. The maximum Gasteiger partial charge on any atom is 0.327 e. The van der Waals surface area contributed by atoms with Gasteiger partial charge in [0.2, 0.25) is 11.8 Å². The first-order valence-corrected chi connectivity index (χ1v) is 13.1. The van der Waals surface area contributed by atoms with Crippen LogP contribution in [0.4, 0.5) is 0 Å². The third kappa shape index (κ3) is 9.19. The van der Waals surface area contributed by atoms with Crippen molar-refractivity contribution in [3.05, 3.63) is 0 Å². The highest BCUT2D eigenvalue weighted by Gasteiger charge is 2.38. The molecule has 4 N–H and O–H groups in total. The Labute approximate surface area is 181 Å². The van der Waals surface area contributed by atoms with E-state index in [0.29, 0.717) is 0 Å². The minimum Gasteiger partial charge on any atom is -0.480 e. The second-order valence-corrected chi connectivity index (χ2v) is 12.0. The molecule has 0 aliphatic heterocycles. The predicted molar refractivity (Wildman–Crippen MR) is 119 cm³/mol. The molecule has 0 rings (SSSR count). The van der Waals surface area contributed by atoms with Crippen LogP contribution >= 0.6 is 45.1 Å². The van der Waals surface area contributed by atoms with E-state index in [1.54, 1.807) is 40.2 Å². The number of aliphatic carboxylic acids is 2. The summed E-state index contributed by atoms with van der Waals surface area (Å²) >= 11 is 2.63. The summed E-state index contributed by atoms with van der Waals surface area (Å²) < 4.78 is -2.00. The molecule has 0 aromatic carbocycles. The van der Waals surface area contributed by atoms with Gasteiger partial charge in [0.05, 0.1) is 9.49 Å². The number of thioether (sulfide) groups is 2. The molecule has 0 bridgehead atoms. The molecule has 0 saturated heterocycles. The third-order valence-electron chi connectivity index (χ3n) is 3.43. The maximum absolute atomic E-state index is 12.5. The fourth-order valence-electron chi connectivity index (χ4n) is 1.63. The molecule has 28 heavy (non-hydrogen) atoms. The normalized spacial score (nSPS) is 14.1. The van der Waals surface area contributed by atoms with Crippen molar-refractivity contribution in [1.82, 2.24) is 10.6 Å². The minimum absolute atomic E-state index is 0.245. The average molecular weight is 473 g/mol. The zero-order chi connectivity index (χ0) is 22.1. The number of amides is 2. The number of carboxylic acids is 2. The lowest BCUT2D eigenvalue weighted by Gasteiger charge is -2.30. The molecule has 0 saturated carbocycles. The van der Waals surface area contributed by atoms with E-state index in [1.807, 2.05) is 0 Å². The Balaban J connectivity index is 4.96. The minimum atomic E-state index is -1.11. The molecule has 0 spiro atoms. The zero-order valence-electron chi connectivity index (χ0n) is 16.7. The molecule has 2 amide bonds. The molecule has 162 valence electrons. The molecule has 8 nitrogen and oxygen atoms in total. The van der Waals surface area contributed by atoms with E-state index in [1.165, 1.54) is 23.5 Å². The predicted octanol–water partition coefficient (Wildman–Crippen LogP) is 1.79. The lowest BCUT2D eigenvalue weighted by Crippen LogP contribution is -2.50. The van der Waals surface area contributed by atoms with Gasteiger partial charge < -0.3 is 20.8 Å². The van der Waals surface area contributed by atoms with Crippen molar-refractivity contribution in [3.63, 3.8) is 0 Å². The molecular formula is C16H28N2O6S4. The van der Waals surface area contributed by atoms with Crippen molar-refractivity contribution in [2.45, 2.75) is 49.3 Å². The highest BCUT2D eigenvalue weighted by molar-refractivity contribution is 8.78. The van der Waals surface area contributed by atoms with E-state index in [0.717, 1.165) is 21.6 Å². The van der Waals surface area contributed by atoms with Crippen LogP contribution in [0.3, 0.4) is 0 Å². The first-order chi connectivity index (χ1) is 12.8. The first-order valence-electron chi connectivity index (χ1n) is 8.20. The third-order valence-corrected chi connectivity index (χ3v) is 8.80. The summed E-state index contributed by atoms with van der Waals surface area (Å²) in [5.41, 5.74) is 0. The van der Waals surface area contributed by atoms with Gasteiger partial charge in [0.25, 0.3) is 0 Å². The Kier molecular flexibility index (Phi) is 11.8. The number of carbonyl (C=O) groups excluding carboxylic acids is 2. The fraction of sp³-hybridized carbons (Fsp3) is 0.750. The summed E-state index contributed by atoms with van der Waals surface area (Å²) in [6, 6.07) is -1.99. The lowest BCUT2D eigenvalue weighted by molar-refractivity contribution is -0.141. The molecule has 12 heteroatoms. The van der Waals surface area contributed by atoms with Gasteiger partial charge in [-0.3, -0.25) is 9.59 Å². The van der Waals surface area contributed by atoms with Gasteiger partial charge in [-0.05, 0) is 40.2 Å². The quantitative estimate of drug-likeness (QED) is 0.294. The van der Waals surface area contributed by atoms with Gasteiger partial charge >= 0.3 is 11.9 Å². The van der Waals surface area contributed by atoms with Crippen molar-refractivity contribution in [2.24, 2.45) is 0 Å². The smallest absolute Gasteiger partial charge is 0.327 e. The monoisotopic (exact) mass is 472 g/mol. The van der Waals surface area contributed by atoms with E-state index in [9.17, 15) is 29.4 Å². The molecule has 0 unspecified atom stereocenters. The molecule has 0 radical (unpaired) electrons. The molecule has 0 aromatic heterocycles. The standard InChI is InChI=1S/C16H28N2O6S4/c1-15(2,13(23)17-9(7-25-5)11(19)20)27-28-16(3,4)14(24)18-10(8-26-6)12(21)22/h9-10H,7-8H2,1-6H3,(H,17,23)(H,18,24)(H,19,20)(H,21,22)/t9-,10-/m0/s1. The fourth-order valence-corrected chi connectivity index (χ4v) is 5.14. The van der Waals surface area contributed by atoms with Gasteiger partial charge in [-0.25, -0.2) is 9.59 Å². The van der Waals surface area contributed by atoms with E-state index in [-0.39, 0.29) is 11.5 Å². The van der Waals surface area contributed by atoms with Crippen LogP contribution in [0.1, 0.15) is 27.7 Å². The largest absolute Gasteiger partial charge is 0.480 e. The van der Waals surface area contributed by atoms with Crippen LogP contribution in [0.2, 0.25) is 0 Å². The van der Waals surface area contributed by atoms with Gasteiger partial charge in [-0.15, -0.1) is 0 Å². The summed E-state index contributed by atoms with van der Waals surface area (Å²) in [5, 5.41) is 23.4. The summed E-state index contributed by atoms with van der Waals surface area (Å²) in [5.74, 6) is -2.63. The van der Waals surface area contributed by atoms with Crippen LogP contribution in [0.5, 0.6) is 0 Å². The van der Waals surface area contributed by atoms with E-state index in [4.69, 9.17) is 0 Å². The van der Waals surface area contributed by atoms with Crippen molar-refractivity contribution in [2.75, 3.05) is 24.0 Å². The van der Waals surface area contributed by atoms with Gasteiger partial charge in [0.1, 0.15) is 12.1 Å². The van der Waals surface area contributed by atoms with Crippen molar-refractivity contribution < 1.29 is 29.4 Å². The summed E-state index contributed by atoms with van der Waals surface area (Å²) in [6.07, 6.45) is 3.50. The Morgan fingerprint density at radius 3 is 1.25 bits per heavy atom. The van der Waals surface area contributed by atoms with E-state index < -0.39 is 45.3 Å². The summed E-state index contributed by atoms with van der Waals surface area (Å²) in [6.45, 7) is 6.55. The summed E-state index contributed by atoms with van der Waals surface area (Å²) in [7, 11) is 2.27. The Morgan fingerprint density at radius 1 is 0.750 bits per heavy atom. The average Bonchev–Trinajstić information content (AvgIpc) is 2.58. The van der Waals surface area contributed by atoms with Crippen molar-refractivity contribution in [1.29, 1.82) is 0 Å². The van der Waals surface area contributed by atoms with Gasteiger partial charge in [0.15, 0.2) is 0 Å². The maximum atomic E-state index is 12.5. The number of hydrogen-bond donors (Lipinski definition) is 4. The second-order valence-electron chi connectivity index (χ2n) is 6.83. The van der Waals surface area contributed by atoms with Crippen LogP contribution in [0, 0.1) is 0 Å². The van der Waals surface area contributed by atoms with Crippen LogP contribution < -0.4 is 10.6 Å². The number of carboxylic acid groups (broad SMARTS) is 2. The van der Waals surface area contributed by atoms with Gasteiger partial charge in [-0.1, -0.05) is 21.6 Å². The van der Waals surface area contributed by atoms with Crippen molar-refractivity contribution >= 4 is 68.9 Å². The highest BCUT2D eigenvalue weighted by atomic mass is 33.1. The van der Waals surface area contributed by atoms with Gasteiger partial charge in [0, 0.05) is 11.5 Å². The van der Waals surface area contributed by atoms with Gasteiger partial charge in [-0.2, -0.15) is 23.5 Å². The molecule has 0 heterocycles. The van der Waals surface area contributed by atoms with E-state index >= 15 is 0 Å². The molecular weight excluding hydrogens is 444 g/mol. The Morgan fingerprint density at radius 2 is 1.04 bits per heavy atom. The Hall–Kier alpha value is -0.720. The molecule has 0 aromatic rings. The van der Waals surface area contributed by atoms with Crippen molar-refractivity contribution in [3.8, 4) is 0 Å². The van der Waals surface area contributed by atoms with Crippen LogP contribution in [0.15, 0.2) is 0 Å². The molecule has 0 aliphatic rings. The van der Waals surface area contributed by atoms with Crippen LogP contribution in [0.25, 0.3) is 0 Å². The topological polar surface area (TPSA) is 133 Å². The van der Waals surface area contributed by atoms with Crippen LogP contribution in [-0.4, -0.2) is 79.6 Å². The number of carbonyl (C=O) groups is 4. The first kappa shape index (κ1) is 27.3. The number of nitrogens with one attached hydrogen (secondary N) is 2. The van der Waals surface area contributed by atoms with Crippen LogP contribution in [-0.2, 0) is 19.2 Å². The number of rotatable bonds is 13. The molecule has 0 fully saturated rings. The summed E-state index contributed by atoms with van der Waals surface area (Å²) in [4.78, 5) is 47.4. The SMILES string of the molecule is CSC[C@H](NC(=O)C(C)(C)SSC(C)(C)C(=O)N[C@@H](CSC)C(=O)O)C(=O)O.